The summed E-state index contributed by atoms with van der Waals surface area (Å²) >= 11 is 0. The third-order valence-electron chi connectivity index (χ3n) is 6.05. The molecule has 0 bridgehead atoms. The predicted octanol–water partition coefficient (Wildman–Crippen LogP) is 3.75. The quantitative estimate of drug-likeness (QED) is 0.403. The van der Waals surface area contributed by atoms with Gasteiger partial charge < -0.3 is 19.5 Å². The van der Waals surface area contributed by atoms with Gasteiger partial charge in [0.05, 0.1) is 34.5 Å². The van der Waals surface area contributed by atoms with Crippen LogP contribution in [0.5, 0.6) is 5.88 Å². The number of nitrogens with zero attached hydrogens (tertiary/aromatic N) is 4. The first kappa shape index (κ1) is 22.5. The summed E-state index contributed by atoms with van der Waals surface area (Å²) in [6.07, 6.45) is 1.74. The van der Waals surface area contributed by atoms with Gasteiger partial charge in [-0.05, 0) is 49.6 Å². The number of aromatic hydroxyl groups is 1. The maximum atomic E-state index is 13.5. The number of carbonyl (C=O) groups excluding carboxylic acids is 1. The van der Waals surface area contributed by atoms with E-state index in [9.17, 15) is 24.2 Å². The van der Waals surface area contributed by atoms with Crippen molar-refractivity contribution in [1.82, 2.24) is 19.7 Å². The molecule has 10 heteroatoms. The third kappa shape index (κ3) is 3.86. The first-order valence-electron chi connectivity index (χ1n) is 11.1. The molecule has 178 valence electrons. The molecule has 35 heavy (non-hydrogen) atoms. The number of aromatic nitrogens is 4. The normalized spacial score (nSPS) is 12.6. The number of esters is 1. The summed E-state index contributed by atoms with van der Waals surface area (Å²) in [4.78, 5) is 29.4. The molecule has 0 fully saturated rings. The molecule has 0 saturated heterocycles. The average molecular weight is 476 g/mol. The van der Waals surface area contributed by atoms with Gasteiger partial charge in [-0.1, -0.05) is 12.1 Å². The number of hydrogen-bond donors (Lipinski definition) is 2. The predicted molar refractivity (Wildman–Crippen MR) is 123 cm³/mol. The zero-order valence-corrected chi connectivity index (χ0v) is 18.8. The number of carboxylic acids is 1. The van der Waals surface area contributed by atoms with E-state index in [1.807, 2.05) is 0 Å². The van der Waals surface area contributed by atoms with Gasteiger partial charge in [-0.3, -0.25) is 0 Å². The Morgan fingerprint density at radius 2 is 1.91 bits per heavy atom. The monoisotopic (exact) mass is 476 g/mol. The second kappa shape index (κ2) is 8.79. The van der Waals surface area contributed by atoms with Crippen molar-refractivity contribution < 1.29 is 28.9 Å². The smallest absolute Gasteiger partial charge is 0.356 e. The summed E-state index contributed by atoms with van der Waals surface area (Å²) in [5, 5.41) is 28.5. The summed E-state index contributed by atoms with van der Waals surface area (Å²) in [6.45, 7) is 2.38. The van der Waals surface area contributed by atoms with Crippen molar-refractivity contribution >= 4 is 22.8 Å². The fourth-order valence-electron chi connectivity index (χ4n) is 4.53. The molecule has 9 nitrogen and oxygen atoms in total. The maximum Gasteiger partial charge on any atom is 0.356 e. The van der Waals surface area contributed by atoms with Crippen LogP contribution in [0.15, 0.2) is 36.4 Å². The lowest BCUT2D eigenvalue weighted by Crippen LogP contribution is -2.14. The number of halogens is 1. The maximum absolute atomic E-state index is 13.5. The number of carbonyl (C=O) groups is 2. The number of aryl methyl sites for hydroxylation is 1. The molecule has 0 aliphatic carbocycles. The Kier molecular flexibility index (Phi) is 5.64. The van der Waals surface area contributed by atoms with E-state index in [1.165, 1.54) is 24.3 Å². The van der Waals surface area contributed by atoms with Gasteiger partial charge in [0.15, 0.2) is 5.69 Å². The van der Waals surface area contributed by atoms with Gasteiger partial charge in [0, 0.05) is 24.2 Å². The number of rotatable bonds is 6. The number of pyridine rings is 1. The molecule has 0 amide bonds. The number of fused-ring (bicyclic) bond motifs is 3. The first-order chi connectivity index (χ1) is 16.9. The largest absolute Gasteiger partial charge is 0.494 e. The molecule has 1 aliphatic rings. The van der Waals surface area contributed by atoms with Crippen molar-refractivity contribution in [3.63, 3.8) is 0 Å². The molecule has 0 unspecified atom stereocenters. The van der Waals surface area contributed by atoms with E-state index in [4.69, 9.17) is 9.72 Å². The highest BCUT2D eigenvalue weighted by Gasteiger charge is 2.31. The lowest BCUT2D eigenvalue weighted by molar-refractivity contribution is 0.0525. The molecular formula is C25H21FN4O5. The van der Waals surface area contributed by atoms with Gasteiger partial charge in [0.25, 0.3) is 0 Å². The van der Waals surface area contributed by atoms with Crippen molar-refractivity contribution in [2.24, 2.45) is 0 Å². The van der Waals surface area contributed by atoms with Crippen LogP contribution in [0.25, 0.3) is 22.2 Å². The molecule has 5 rings (SSSR count). The van der Waals surface area contributed by atoms with Crippen LogP contribution in [0.1, 0.15) is 51.1 Å². The number of ether oxygens (including phenoxy) is 1. The molecule has 1 aromatic carbocycles. The van der Waals surface area contributed by atoms with E-state index >= 15 is 0 Å². The van der Waals surface area contributed by atoms with Crippen LogP contribution >= 0.6 is 0 Å². The fourth-order valence-corrected chi connectivity index (χ4v) is 4.53. The molecule has 0 saturated carbocycles. The summed E-state index contributed by atoms with van der Waals surface area (Å²) < 4.78 is 20.6. The van der Waals surface area contributed by atoms with Crippen molar-refractivity contribution in [3.05, 3.63) is 70.4 Å². The zero-order chi connectivity index (χ0) is 24.7. The lowest BCUT2D eigenvalue weighted by Gasteiger charge is -2.15. The molecular weight excluding hydrogens is 455 g/mol. The van der Waals surface area contributed by atoms with Gasteiger partial charge in [-0.15, -0.1) is 10.2 Å². The Labute approximate surface area is 198 Å². The Morgan fingerprint density at radius 3 is 2.57 bits per heavy atom. The topological polar surface area (TPSA) is 127 Å². The summed E-state index contributed by atoms with van der Waals surface area (Å²) in [5.41, 5.74) is 2.78. The van der Waals surface area contributed by atoms with E-state index in [-0.39, 0.29) is 47.2 Å². The number of benzene rings is 1. The highest BCUT2D eigenvalue weighted by atomic mass is 19.1. The van der Waals surface area contributed by atoms with Crippen LogP contribution in [0, 0.1) is 5.82 Å². The van der Waals surface area contributed by atoms with Crippen LogP contribution in [-0.4, -0.2) is 48.5 Å². The van der Waals surface area contributed by atoms with Crippen molar-refractivity contribution in [3.8, 4) is 17.1 Å². The van der Waals surface area contributed by atoms with Gasteiger partial charge >= 0.3 is 11.9 Å². The minimum Gasteiger partial charge on any atom is -0.494 e. The van der Waals surface area contributed by atoms with E-state index < -0.39 is 11.9 Å². The van der Waals surface area contributed by atoms with Crippen molar-refractivity contribution in [2.75, 3.05) is 6.61 Å². The van der Waals surface area contributed by atoms with Gasteiger partial charge in [-0.2, -0.15) is 0 Å². The highest BCUT2D eigenvalue weighted by molar-refractivity contribution is 6.10. The van der Waals surface area contributed by atoms with E-state index in [0.29, 0.717) is 29.6 Å². The van der Waals surface area contributed by atoms with E-state index in [1.54, 1.807) is 23.6 Å². The Balaban J connectivity index is 1.83. The summed E-state index contributed by atoms with van der Waals surface area (Å²) in [7, 11) is 0. The summed E-state index contributed by atoms with van der Waals surface area (Å²) in [5.74, 6) is -2.33. The number of carboxylic acid groups (broad SMARTS) is 1. The Bertz CT molecular complexity index is 1460. The van der Waals surface area contributed by atoms with Crippen molar-refractivity contribution in [1.29, 1.82) is 0 Å². The van der Waals surface area contributed by atoms with Crippen LogP contribution in [0.4, 0.5) is 4.39 Å². The lowest BCUT2D eigenvalue weighted by atomic mass is 9.95. The molecule has 0 atom stereocenters. The molecule has 0 spiro atoms. The van der Waals surface area contributed by atoms with Gasteiger partial charge in [0.2, 0.25) is 5.88 Å². The van der Waals surface area contributed by atoms with Gasteiger partial charge in [-0.25, -0.2) is 19.0 Å². The second-order valence-electron chi connectivity index (χ2n) is 8.19. The molecule has 4 aromatic rings. The molecule has 3 aromatic heterocycles. The van der Waals surface area contributed by atoms with E-state index in [2.05, 4.69) is 10.2 Å². The fraction of sp³-hybridized carbons (Fsp3) is 0.240. The molecule has 0 radical (unpaired) electrons. The average Bonchev–Trinajstić information content (AvgIpc) is 3.43. The van der Waals surface area contributed by atoms with Crippen LogP contribution in [0.3, 0.4) is 0 Å². The molecule has 4 heterocycles. The second-order valence-corrected chi connectivity index (χ2v) is 8.19. The van der Waals surface area contributed by atoms with Crippen LogP contribution < -0.4 is 0 Å². The van der Waals surface area contributed by atoms with Crippen molar-refractivity contribution in [2.45, 2.75) is 32.7 Å². The Hall–Kier alpha value is -4.34. The Morgan fingerprint density at radius 1 is 1.14 bits per heavy atom. The molecule has 1 aliphatic heterocycles. The number of aromatic carboxylic acids is 1. The standard InChI is InChI=1S/C25H21FN4O5/c1-2-35-25(34)20-17(12-13-5-7-14(26)8-6-13)27-22-18-4-3-11-30(18)23(31)21(22)19(20)15-9-10-16(24(32)33)29-28-15/h5-10,31H,2-4,11-12H2,1H3,(H,32,33). The van der Waals surface area contributed by atoms with E-state index in [0.717, 1.165) is 17.7 Å². The van der Waals surface area contributed by atoms with Crippen LogP contribution in [-0.2, 0) is 24.1 Å². The highest BCUT2D eigenvalue weighted by Crippen LogP contribution is 2.43. The minimum absolute atomic E-state index is 0.0435. The minimum atomic E-state index is -1.24. The third-order valence-corrected chi connectivity index (χ3v) is 6.05. The molecule has 2 N–H and O–H groups in total. The van der Waals surface area contributed by atoms with Crippen LogP contribution in [0.2, 0.25) is 0 Å². The zero-order valence-electron chi connectivity index (χ0n) is 18.8. The first-order valence-corrected chi connectivity index (χ1v) is 11.1. The van der Waals surface area contributed by atoms with Gasteiger partial charge in [0.1, 0.15) is 5.82 Å². The summed E-state index contributed by atoms with van der Waals surface area (Å²) in [6, 6.07) is 8.61. The SMILES string of the molecule is CCOC(=O)c1c(Cc2ccc(F)cc2)nc2c3n(c(O)c2c1-c1ccc(C(=O)O)nn1)CCC3. The number of hydrogen-bond acceptors (Lipinski definition) is 7.